The Hall–Kier alpha value is -1.45. The van der Waals surface area contributed by atoms with E-state index in [-0.39, 0.29) is 30.2 Å². The molecule has 0 saturated carbocycles. The van der Waals surface area contributed by atoms with Crippen LogP contribution >= 0.6 is 15.9 Å². The first-order valence-corrected chi connectivity index (χ1v) is 9.54. The molecule has 0 aliphatic rings. The van der Waals surface area contributed by atoms with Crippen molar-refractivity contribution >= 4 is 37.9 Å². The highest BCUT2D eigenvalue weighted by atomic mass is 79.9. The maximum atomic E-state index is 12.8. The van der Waals surface area contributed by atoms with E-state index in [0.29, 0.717) is 10.9 Å². The van der Waals surface area contributed by atoms with Gasteiger partial charge in [0.05, 0.1) is 24.2 Å². The predicted octanol–water partition coefficient (Wildman–Crippen LogP) is 2.20. The minimum atomic E-state index is -3.95. The molecule has 0 amide bonds. The minimum Gasteiger partial charge on any atom is -0.465 e. The second-order valence-corrected chi connectivity index (χ2v) is 7.57. The van der Waals surface area contributed by atoms with E-state index in [2.05, 4.69) is 20.7 Å². The number of halogens is 1. The molecule has 0 unspecified atom stereocenters. The molecule has 1 rings (SSSR count). The third kappa shape index (κ3) is 5.02. The van der Waals surface area contributed by atoms with Crippen LogP contribution in [0.15, 0.2) is 27.6 Å². The van der Waals surface area contributed by atoms with Crippen molar-refractivity contribution in [3.63, 3.8) is 0 Å². The molecule has 0 N–H and O–H groups in total. The molecular weight excluding hydrogens is 402 g/mol. The average molecular weight is 422 g/mol. The Bertz CT molecular complexity index is 704. The topological polar surface area (TPSA) is 90.0 Å². The zero-order valence-corrected chi connectivity index (χ0v) is 16.1. The number of ether oxygens (including phenoxy) is 2. The highest BCUT2D eigenvalue weighted by molar-refractivity contribution is 9.10. The lowest BCUT2D eigenvalue weighted by Crippen LogP contribution is -2.37. The first-order chi connectivity index (χ1) is 11.3. The normalized spacial score (nSPS) is 11.4. The number of rotatable bonds is 8. The number of sulfonamides is 1. The Morgan fingerprint density at radius 1 is 1.25 bits per heavy atom. The highest BCUT2D eigenvalue weighted by Gasteiger charge is 2.28. The molecule has 1 aromatic rings. The van der Waals surface area contributed by atoms with Crippen LogP contribution in [0.3, 0.4) is 0 Å². The molecule has 0 aliphatic carbocycles. The molecule has 134 valence electrons. The summed E-state index contributed by atoms with van der Waals surface area (Å²) in [6, 6.07) is 4.03. The fourth-order valence-electron chi connectivity index (χ4n) is 1.96. The van der Waals surface area contributed by atoms with Crippen molar-refractivity contribution in [3.05, 3.63) is 28.2 Å². The standard InChI is InChI=1S/C15H20BrNO6S/c1-4-8-17(10-14(18)23-5-2)24(20,21)11-6-7-13(16)12(9-11)15(19)22-3/h6-7,9H,4-5,8,10H2,1-3H3. The minimum absolute atomic E-state index is 0.0890. The maximum Gasteiger partial charge on any atom is 0.339 e. The van der Waals surface area contributed by atoms with Crippen molar-refractivity contribution in [3.8, 4) is 0 Å². The van der Waals surface area contributed by atoms with Crippen LogP contribution in [0.1, 0.15) is 30.6 Å². The van der Waals surface area contributed by atoms with Crippen molar-refractivity contribution in [1.29, 1.82) is 0 Å². The molecule has 24 heavy (non-hydrogen) atoms. The first-order valence-electron chi connectivity index (χ1n) is 7.31. The zero-order valence-electron chi connectivity index (χ0n) is 13.7. The summed E-state index contributed by atoms with van der Waals surface area (Å²) in [4.78, 5) is 23.3. The number of esters is 2. The summed E-state index contributed by atoms with van der Waals surface area (Å²) in [5.41, 5.74) is 0.0890. The molecule has 7 nitrogen and oxygen atoms in total. The number of nitrogens with zero attached hydrogens (tertiary/aromatic N) is 1. The molecule has 0 aromatic heterocycles. The number of carbonyl (C=O) groups excluding carboxylic acids is 2. The van der Waals surface area contributed by atoms with Gasteiger partial charge in [-0.25, -0.2) is 13.2 Å². The third-order valence-electron chi connectivity index (χ3n) is 3.06. The van der Waals surface area contributed by atoms with Crippen molar-refractivity contribution in [2.75, 3.05) is 26.8 Å². The van der Waals surface area contributed by atoms with E-state index in [4.69, 9.17) is 4.74 Å². The van der Waals surface area contributed by atoms with Crippen LogP contribution in [0.4, 0.5) is 0 Å². The molecule has 1 aromatic carbocycles. The van der Waals surface area contributed by atoms with Crippen LogP contribution < -0.4 is 0 Å². The van der Waals surface area contributed by atoms with E-state index in [9.17, 15) is 18.0 Å². The lowest BCUT2D eigenvalue weighted by molar-refractivity contribution is -0.143. The third-order valence-corrected chi connectivity index (χ3v) is 5.60. The fraction of sp³-hybridized carbons (Fsp3) is 0.467. The maximum absolute atomic E-state index is 12.8. The summed E-state index contributed by atoms with van der Waals surface area (Å²) in [6.07, 6.45) is 0.527. The molecule has 0 spiro atoms. The average Bonchev–Trinajstić information content (AvgIpc) is 2.54. The molecule has 0 fully saturated rings. The van der Waals surface area contributed by atoms with Gasteiger partial charge in [-0.3, -0.25) is 4.79 Å². The van der Waals surface area contributed by atoms with E-state index in [0.717, 1.165) is 4.31 Å². The summed E-state index contributed by atoms with van der Waals surface area (Å²) in [5.74, 6) is -1.29. The highest BCUT2D eigenvalue weighted by Crippen LogP contribution is 2.24. The van der Waals surface area contributed by atoms with Gasteiger partial charge in [-0.1, -0.05) is 6.92 Å². The number of benzene rings is 1. The van der Waals surface area contributed by atoms with Gasteiger partial charge in [-0.15, -0.1) is 0 Å². The van der Waals surface area contributed by atoms with Gasteiger partial charge in [0.15, 0.2) is 0 Å². The Balaban J connectivity index is 3.24. The van der Waals surface area contributed by atoms with Gasteiger partial charge in [0.1, 0.15) is 6.54 Å². The summed E-state index contributed by atoms with van der Waals surface area (Å²) in [6.45, 7) is 3.39. The van der Waals surface area contributed by atoms with Crippen LogP contribution in [-0.2, 0) is 24.3 Å². The Morgan fingerprint density at radius 2 is 1.92 bits per heavy atom. The van der Waals surface area contributed by atoms with Crippen molar-refractivity contribution in [1.82, 2.24) is 4.31 Å². The summed E-state index contributed by atoms with van der Waals surface area (Å²) < 4.78 is 36.5. The fourth-order valence-corrected chi connectivity index (χ4v) is 3.88. The van der Waals surface area contributed by atoms with E-state index < -0.39 is 22.0 Å². The number of carbonyl (C=O) groups is 2. The molecule has 0 atom stereocenters. The van der Waals surface area contributed by atoms with Crippen molar-refractivity contribution < 1.29 is 27.5 Å². The van der Waals surface area contributed by atoms with Gasteiger partial charge in [0, 0.05) is 11.0 Å². The second-order valence-electron chi connectivity index (χ2n) is 4.78. The SMILES string of the molecule is CCCN(CC(=O)OCC)S(=O)(=O)c1ccc(Br)c(C(=O)OC)c1. The molecule has 0 aliphatic heterocycles. The van der Waals surface area contributed by atoms with E-state index in [1.807, 2.05) is 0 Å². The molecular formula is C15H20BrNO6S. The predicted molar refractivity (Wildman–Crippen MR) is 91.2 cm³/mol. The van der Waals surface area contributed by atoms with Gasteiger partial charge in [-0.05, 0) is 47.5 Å². The number of hydrogen-bond donors (Lipinski definition) is 0. The van der Waals surface area contributed by atoms with Crippen molar-refractivity contribution in [2.45, 2.75) is 25.2 Å². The molecule has 0 heterocycles. The second kappa shape index (κ2) is 9.14. The van der Waals surface area contributed by atoms with Crippen LogP contribution in [0, 0.1) is 0 Å². The molecule has 0 bridgehead atoms. The Kier molecular flexibility index (Phi) is 7.85. The largest absolute Gasteiger partial charge is 0.465 e. The van der Waals surface area contributed by atoms with Gasteiger partial charge < -0.3 is 9.47 Å². The molecule has 9 heteroatoms. The quantitative estimate of drug-likeness (QED) is 0.597. The van der Waals surface area contributed by atoms with Crippen LogP contribution in [0.5, 0.6) is 0 Å². The lowest BCUT2D eigenvalue weighted by atomic mass is 10.2. The summed E-state index contributed by atoms with van der Waals surface area (Å²) in [5, 5.41) is 0. The molecule has 0 radical (unpaired) electrons. The van der Waals surface area contributed by atoms with Gasteiger partial charge in [-0.2, -0.15) is 4.31 Å². The van der Waals surface area contributed by atoms with E-state index in [1.165, 1.54) is 25.3 Å². The van der Waals surface area contributed by atoms with Crippen molar-refractivity contribution in [2.24, 2.45) is 0 Å². The Morgan fingerprint density at radius 3 is 2.46 bits per heavy atom. The summed E-state index contributed by atoms with van der Waals surface area (Å²) in [7, 11) is -2.75. The summed E-state index contributed by atoms with van der Waals surface area (Å²) >= 11 is 3.18. The number of hydrogen-bond acceptors (Lipinski definition) is 6. The van der Waals surface area contributed by atoms with Crippen LogP contribution in [0.2, 0.25) is 0 Å². The number of methoxy groups -OCH3 is 1. The van der Waals surface area contributed by atoms with Gasteiger partial charge in [0.25, 0.3) is 0 Å². The first kappa shape index (κ1) is 20.6. The van der Waals surface area contributed by atoms with Gasteiger partial charge >= 0.3 is 11.9 Å². The zero-order chi connectivity index (χ0) is 18.3. The van der Waals surface area contributed by atoms with Crippen LogP contribution in [0.25, 0.3) is 0 Å². The van der Waals surface area contributed by atoms with Crippen LogP contribution in [-0.4, -0.2) is 51.5 Å². The van der Waals surface area contributed by atoms with E-state index >= 15 is 0 Å². The lowest BCUT2D eigenvalue weighted by Gasteiger charge is -2.21. The molecule has 0 saturated heterocycles. The van der Waals surface area contributed by atoms with E-state index in [1.54, 1.807) is 13.8 Å². The monoisotopic (exact) mass is 421 g/mol. The van der Waals surface area contributed by atoms with Gasteiger partial charge in [0.2, 0.25) is 10.0 Å². The Labute approximate surface area is 150 Å². The smallest absolute Gasteiger partial charge is 0.339 e.